The van der Waals surface area contributed by atoms with Crippen LogP contribution in [0.2, 0.25) is 0 Å². The molecule has 0 rings (SSSR count). The van der Waals surface area contributed by atoms with Crippen LogP contribution in [-0.2, 0) is 4.79 Å². The highest BCUT2D eigenvalue weighted by Gasteiger charge is 2.12. The van der Waals surface area contributed by atoms with E-state index in [0.717, 1.165) is 25.8 Å². The fraction of sp³-hybridized carbons (Fsp3) is 0.909. The Morgan fingerprint density at radius 3 is 2.43 bits per heavy atom. The van der Waals surface area contributed by atoms with Gasteiger partial charge in [-0.3, -0.25) is 4.79 Å². The molecule has 3 N–H and O–H groups in total. The van der Waals surface area contributed by atoms with Crippen LogP contribution in [0, 0.1) is 11.8 Å². The summed E-state index contributed by atoms with van der Waals surface area (Å²) in [6, 6.07) is 0. The summed E-state index contributed by atoms with van der Waals surface area (Å²) in [4.78, 5) is 11.5. The second kappa shape index (κ2) is 7.80. The van der Waals surface area contributed by atoms with Gasteiger partial charge in [0.1, 0.15) is 0 Å². The van der Waals surface area contributed by atoms with Gasteiger partial charge in [0, 0.05) is 12.5 Å². The fourth-order valence-electron chi connectivity index (χ4n) is 1.29. The normalized spacial score (nSPS) is 14.9. The third-order valence-corrected chi connectivity index (χ3v) is 2.78. The zero-order valence-corrected chi connectivity index (χ0v) is 9.68. The fourth-order valence-corrected chi connectivity index (χ4v) is 1.29. The second-order valence-corrected chi connectivity index (χ2v) is 3.91. The molecule has 0 aromatic carbocycles. The van der Waals surface area contributed by atoms with Crippen molar-refractivity contribution >= 4 is 5.91 Å². The first-order valence-corrected chi connectivity index (χ1v) is 5.63. The molecule has 1 amide bonds. The largest absolute Gasteiger partial charge is 0.356 e. The predicted octanol–water partition coefficient (Wildman–Crippen LogP) is 1.52. The minimum absolute atomic E-state index is 0.130. The molecule has 14 heavy (non-hydrogen) atoms. The van der Waals surface area contributed by atoms with Crippen LogP contribution in [0.4, 0.5) is 0 Å². The average Bonchev–Trinajstić information content (AvgIpc) is 2.22. The molecule has 0 aliphatic rings. The standard InChI is InChI=1S/C11H24N2O/c1-4-9(3)11(14)13-8-10(5-2)6-7-12/h9-10H,4-8,12H2,1-3H3,(H,13,14). The summed E-state index contributed by atoms with van der Waals surface area (Å²) in [7, 11) is 0. The van der Waals surface area contributed by atoms with E-state index in [1.165, 1.54) is 0 Å². The van der Waals surface area contributed by atoms with Crippen molar-refractivity contribution in [2.24, 2.45) is 17.6 Å². The first-order chi connectivity index (χ1) is 6.65. The Balaban J connectivity index is 3.73. The topological polar surface area (TPSA) is 55.1 Å². The molecule has 0 saturated heterocycles. The van der Waals surface area contributed by atoms with Crippen molar-refractivity contribution in [2.75, 3.05) is 13.1 Å². The summed E-state index contributed by atoms with van der Waals surface area (Å²) in [5.74, 6) is 0.835. The Bertz CT molecular complexity index is 159. The molecule has 0 aliphatic heterocycles. The molecule has 0 aromatic heterocycles. The molecule has 84 valence electrons. The minimum Gasteiger partial charge on any atom is -0.356 e. The summed E-state index contributed by atoms with van der Waals surface area (Å²) < 4.78 is 0. The van der Waals surface area contributed by atoms with E-state index in [4.69, 9.17) is 5.73 Å². The number of carbonyl (C=O) groups is 1. The second-order valence-electron chi connectivity index (χ2n) is 3.91. The maximum absolute atomic E-state index is 11.5. The van der Waals surface area contributed by atoms with Gasteiger partial charge in [0.05, 0.1) is 0 Å². The van der Waals surface area contributed by atoms with Gasteiger partial charge in [0.15, 0.2) is 0 Å². The smallest absolute Gasteiger partial charge is 0.222 e. The average molecular weight is 200 g/mol. The van der Waals surface area contributed by atoms with E-state index < -0.39 is 0 Å². The van der Waals surface area contributed by atoms with Gasteiger partial charge in [-0.25, -0.2) is 0 Å². The van der Waals surface area contributed by atoms with E-state index in [-0.39, 0.29) is 11.8 Å². The van der Waals surface area contributed by atoms with Gasteiger partial charge < -0.3 is 11.1 Å². The Hall–Kier alpha value is -0.570. The van der Waals surface area contributed by atoms with Gasteiger partial charge in [-0.15, -0.1) is 0 Å². The molecule has 0 aliphatic carbocycles. The van der Waals surface area contributed by atoms with Gasteiger partial charge in [0.2, 0.25) is 5.91 Å². The number of nitrogens with two attached hydrogens (primary N) is 1. The highest BCUT2D eigenvalue weighted by atomic mass is 16.1. The Morgan fingerprint density at radius 2 is 2.00 bits per heavy atom. The van der Waals surface area contributed by atoms with Crippen LogP contribution in [0.15, 0.2) is 0 Å². The zero-order valence-electron chi connectivity index (χ0n) is 9.68. The van der Waals surface area contributed by atoms with Crippen molar-refractivity contribution in [3.05, 3.63) is 0 Å². The maximum Gasteiger partial charge on any atom is 0.222 e. The summed E-state index contributed by atoms with van der Waals surface area (Å²) in [6.45, 7) is 7.60. The zero-order chi connectivity index (χ0) is 11.0. The van der Waals surface area contributed by atoms with Crippen molar-refractivity contribution in [3.63, 3.8) is 0 Å². The van der Waals surface area contributed by atoms with Crippen LogP contribution in [0.1, 0.15) is 40.0 Å². The summed E-state index contributed by atoms with van der Waals surface area (Å²) in [6.07, 6.45) is 2.98. The van der Waals surface area contributed by atoms with Gasteiger partial charge in [-0.05, 0) is 25.3 Å². The van der Waals surface area contributed by atoms with E-state index >= 15 is 0 Å². The molecule has 0 saturated carbocycles. The number of nitrogens with one attached hydrogen (secondary N) is 1. The van der Waals surface area contributed by atoms with Crippen LogP contribution in [-0.4, -0.2) is 19.0 Å². The molecule has 0 bridgehead atoms. The lowest BCUT2D eigenvalue weighted by molar-refractivity contribution is -0.124. The predicted molar refractivity (Wildman–Crippen MR) is 59.9 cm³/mol. The van der Waals surface area contributed by atoms with Crippen molar-refractivity contribution in [2.45, 2.75) is 40.0 Å². The van der Waals surface area contributed by atoms with E-state index in [0.29, 0.717) is 12.5 Å². The summed E-state index contributed by atoms with van der Waals surface area (Å²) >= 11 is 0. The molecule has 2 unspecified atom stereocenters. The third-order valence-electron chi connectivity index (χ3n) is 2.78. The van der Waals surface area contributed by atoms with Crippen molar-refractivity contribution in [1.82, 2.24) is 5.32 Å². The van der Waals surface area contributed by atoms with Gasteiger partial charge in [0.25, 0.3) is 0 Å². The first-order valence-electron chi connectivity index (χ1n) is 5.63. The van der Waals surface area contributed by atoms with Crippen LogP contribution in [0.5, 0.6) is 0 Å². The molecule has 3 heteroatoms. The van der Waals surface area contributed by atoms with Crippen LogP contribution in [0.3, 0.4) is 0 Å². The summed E-state index contributed by atoms with van der Waals surface area (Å²) in [5.41, 5.74) is 5.48. The Kier molecular flexibility index (Phi) is 7.48. The lowest BCUT2D eigenvalue weighted by Crippen LogP contribution is -2.33. The molecular weight excluding hydrogens is 176 g/mol. The van der Waals surface area contributed by atoms with Crippen LogP contribution < -0.4 is 11.1 Å². The third kappa shape index (κ3) is 5.22. The molecule has 3 nitrogen and oxygen atoms in total. The number of hydrogen-bond acceptors (Lipinski definition) is 2. The van der Waals surface area contributed by atoms with Gasteiger partial charge in [-0.2, -0.15) is 0 Å². The highest BCUT2D eigenvalue weighted by molar-refractivity contribution is 5.78. The van der Waals surface area contributed by atoms with E-state index in [2.05, 4.69) is 12.2 Å². The van der Waals surface area contributed by atoms with Gasteiger partial charge >= 0.3 is 0 Å². The van der Waals surface area contributed by atoms with Crippen molar-refractivity contribution < 1.29 is 4.79 Å². The number of hydrogen-bond donors (Lipinski definition) is 2. The lowest BCUT2D eigenvalue weighted by Gasteiger charge is -2.16. The van der Waals surface area contributed by atoms with E-state index in [1.807, 2.05) is 13.8 Å². The number of rotatable bonds is 7. The first kappa shape index (κ1) is 13.4. The SMILES string of the molecule is CCC(CCN)CNC(=O)C(C)CC. The Labute approximate surface area is 87.4 Å². The maximum atomic E-state index is 11.5. The molecule has 2 atom stereocenters. The number of amides is 1. The molecule has 0 radical (unpaired) electrons. The lowest BCUT2D eigenvalue weighted by atomic mass is 10.0. The van der Waals surface area contributed by atoms with Crippen molar-refractivity contribution in [3.8, 4) is 0 Å². The Morgan fingerprint density at radius 1 is 1.36 bits per heavy atom. The van der Waals surface area contributed by atoms with Crippen molar-refractivity contribution in [1.29, 1.82) is 0 Å². The highest BCUT2D eigenvalue weighted by Crippen LogP contribution is 2.06. The van der Waals surface area contributed by atoms with Crippen LogP contribution in [0.25, 0.3) is 0 Å². The minimum atomic E-state index is 0.130. The van der Waals surface area contributed by atoms with Gasteiger partial charge in [-0.1, -0.05) is 27.2 Å². The molecule has 0 fully saturated rings. The summed E-state index contributed by atoms with van der Waals surface area (Å²) in [5, 5.41) is 2.97. The van der Waals surface area contributed by atoms with Crippen LogP contribution >= 0.6 is 0 Å². The van der Waals surface area contributed by atoms with E-state index in [1.54, 1.807) is 0 Å². The molecular formula is C11H24N2O. The quantitative estimate of drug-likeness (QED) is 0.654. The monoisotopic (exact) mass is 200 g/mol. The molecule has 0 aromatic rings. The molecule has 0 heterocycles. The van der Waals surface area contributed by atoms with E-state index in [9.17, 15) is 4.79 Å². The molecule has 0 spiro atoms. The number of carbonyl (C=O) groups excluding carboxylic acids is 1.